The Hall–Kier alpha value is -2.29. The first-order valence-corrected chi connectivity index (χ1v) is 6.93. The number of nitrogens with zero attached hydrogens (tertiary/aromatic N) is 2. The van der Waals surface area contributed by atoms with Crippen LogP contribution in [0.4, 0.5) is 5.69 Å². The first kappa shape index (κ1) is 12.7. The number of rotatable bonds is 2. The summed E-state index contributed by atoms with van der Waals surface area (Å²) in [5, 5.41) is 0. The molecule has 3 aromatic rings. The first-order valence-electron chi connectivity index (χ1n) is 6.93. The Balaban J connectivity index is 2.32. The third kappa shape index (κ3) is 1.95. The van der Waals surface area contributed by atoms with E-state index in [4.69, 9.17) is 10.7 Å². The quantitative estimate of drug-likeness (QED) is 0.714. The second kappa shape index (κ2) is 4.67. The van der Waals surface area contributed by atoms with Crippen LogP contribution in [0.2, 0.25) is 0 Å². The lowest BCUT2D eigenvalue weighted by Gasteiger charge is -2.09. The van der Waals surface area contributed by atoms with Crippen molar-refractivity contribution < 1.29 is 0 Å². The number of nitrogen functional groups attached to an aromatic ring is 1. The fourth-order valence-electron chi connectivity index (χ4n) is 2.65. The summed E-state index contributed by atoms with van der Waals surface area (Å²) in [4.78, 5) is 4.82. The molecule has 0 aliphatic carbocycles. The maximum absolute atomic E-state index is 5.94. The molecule has 0 bridgehead atoms. The molecular formula is C17H19N3. The Kier molecular flexibility index (Phi) is 2.97. The number of anilines is 1. The highest BCUT2D eigenvalue weighted by atomic mass is 15.1. The minimum absolute atomic E-state index is 0.775. The summed E-state index contributed by atoms with van der Waals surface area (Å²) in [7, 11) is 0. The highest BCUT2D eigenvalue weighted by Gasteiger charge is 2.13. The topological polar surface area (TPSA) is 43.8 Å². The number of hydrogen-bond donors (Lipinski definition) is 1. The highest BCUT2D eigenvalue weighted by Crippen LogP contribution is 2.29. The Morgan fingerprint density at radius 2 is 1.90 bits per heavy atom. The fraction of sp³-hybridized carbons (Fsp3) is 0.235. The van der Waals surface area contributed by atoms with E-state index in [2.05, 4.69) is 49.6 Å². The van der Waals surface area contributed by atoms with E-state index in [1.54, 1.807) is 0 Å². The summed E-state index contributed by atoms with van der Waals surface area (Å²) in [6, 6.07) is 12.4. The number of hydrogen-bond acceptors (Lipinski definition) is 2. The van der Waals surface area contributed by atoms with Gasteiger partial charge in [-0.2, -0.15) is 0 Å². The van der Waals surface area contributed by atoms with Crippen LogP contribution in [0.25, 0.3) is 22.4 Å². The van der Waals surface area contributed by atoms with Gasteiger partial charge in [0.2, 0.25) is 0 Å². The molecule has 2 aromatic carbocycles. The molecule has 102 valence electrons. The molecule has 2 N–H and O–H groups in total. The normalized spacial score (nSPS) is 11.2. The van der Waals surface area contributed by atoms with Gasteiger partial charge in [-0.15, -0.1) is 0 Å². The van der Waals surface area contributed by atoms with Gasteiger partial charge in [0.25, 0.3) is 0 Å². The molecule has 0 amide bonds. The van der Waals surface area contributed by atoms with E-state index in [1.807, 2.05) is 12.1 Å². The van der Waals surface area contributed by atoms with Crippen molar-refractivity contribution in [1.29, 1.82) is 0 Å². The Bertz CT molecular complexity index is 784. The van der Waals surface area contributed by atoms with Crippen LogP contribution < -0.4 is 5.73 Å². The van der Waals surface area contributed by atoms with E-state index in [-0.39, 0.29) is 0 Å². The van der Waals surface area contributed by atoms with Crippen molar-refractivity contribution in [3.8, 4) is 11.4 Å². The maximum atomic E-state index is 5.94. The lowest BCUT2D eigenvalue weighted by Crippen LogP contribution is -1.99. The monoisotopic (exact) mass is 265 g/mol. The van der Waals surface area contributed by atoms with Crippen molar-refractivity contribution in [2.24, 2.45) is 0 Å². The third-order valence-electron chi connectivity index (χ3n) is 3.72. The smallest absolute Gasteiger partial charge is 0.141 e. The molecule has 1 aromatic heterocycles. The average Bonchev–Trinajstić information content (AvgIpc) is 2.78. The van der Waals surface area contributed by atoms with Gasteiger partial charge in [0.05, 0.1) is 11.0 Å². The Morgan fingerprint density at radius 1 is 1.10 bits per heavy atom. The van der Waals surface area contributed by atoms with E-state index < -0.39 is 0 Å². The first-order chi connectivity index (χ1) is 9.60. The minimum Gasteiger partial charge on any atom is -0.399 e. The van der Waals surface area contributed by atoms with Gasteiger partial charge in [0, 0.05) is 17.8 Å². The maximum Gasteiger partial charge on any atom is 0.141 e. The summed E-state index contributed by atoms with van der Waals surface area (Å²) in [5.74, 6) is 0.998. The summed E-state index contributed by atoms with van der Waals surface area (Å²) in [6.07, 6.45) is 0. The van der Waals surface area contributed by atoms with Gasteiger partial charge in [-0.05, 0) is 56.2 Å². The molecule has 0 atom stereocenters. The molecule has 0 saturated carbocycles. The molecule has 3 rings (SSSR count). The molecule has 3 nitrogen and oxygen atoms in total. The van der Waals surface area contributed by atoms with Crippen LogP contribution in [-0.4, -0.2) is 9.55 Å². The lowest BCUT2D eigenvalue weighted by molar-refractivity contribution is 0.796. The van der Waals surface area contributed by atoms with Crippen LogP contribution >= 0.6 is 0 Å². The molecule has 3 heteroatoms. The largest absolute Gasteiger partial charge is 0.399 e. The summed E-state index contributed by atoms with van der Waals surface area (Å²) < 4.78 is 2.25. The summed E-state index contributed by atoms with van der Waals surface area (Å²) in [6.45, 7) is 7.23. The Morgan fingerprint density at radius 3 is 2.65 bits per heavy atom. The molecule has 0 fully saturated rings. The van der Waals surface area contributed by atoms with E-state index in [0.29, 0.717) is 0 Å². The highest BCUT2D eigenvalue weighted by molar-refractivity contribution is 5.82. The number of benzene rings is 2. The zero-order valence-electron chi connectivity index (χ0n) is 12.1. The van der Waals surface area contributed by atoms with E-state index in [9.17, 15) is 0 Å². The zero-order chi connectivity index (χ0) is 14.3. The van der Waals surface area contributed by atoms with Crippen LogP contribution in [0.1, 0.15) is 18.1 Å². The molecule has 20 heavy (non-hydrogen) atoms. The lowest BCUT2D eigenvalue weighted by atomic mass is 10.1. The van der Waals surface area contributed by atoms with Crippen LogP contribution in [0.15, 0.2) is 36.4 Å². The van der Waals surface area contributed by atoms with E-state index >= 15 is 0 Å². The molecule has 0 saturated heterocycles. The van der Waals surface area contributed by atoms with Gasteiger partial charge >= 0.3 is 0 Å². The predicted molar refractivity (Wildman–Crippen MR) is 84.7 cm³/mol. The van der Waals surface area contributed by atoms with E-state index in [0.717, 1.165) is 29.1 Å². The summed E-state index contributed by atoms with van der Waals surface area (Å²) >= 11 is 0. The molecule has 1 heterocycles. The van der Waals surface area contributed by atoms with Crippen molar-refractivity contribution in [2.45, 2.75) is 27.3 Å². The van der Waals surface area contributed by atoms with Gasteiger partial charge in [-0.25, -0.2) is 4.98 Å². The van der Waals surface area contributed by atoms with Crippen LogP contribution in [0, 0.1) is 13.8 Å². The van der Waals surface area contributed by atoms with Gasteiger partial charge in [0.1, 0.15) is 5.82 Å². The van der Waals surface area contributed by atoms with Gasteiger partial charge in [0.15, 0.2) is 0 Å². The minimum atomic E-state index is 0.775. The van der Waals surface area contributed by atoms with Crippen molar-refractivity contribution in [1.82, 2.24) is 9.55 Å². The number of nitrogens with two attached hydrogens (primary N) is 1. The standard InChI is InChI=1S/C17H19N3/c1-4-20-16-8-5-11(2)9-15(16)19-17(20)14-10-13(18)7-6-12(14)3/h5-10H,4,18H2,1-3H3. The number of aryl methyl sites for hydroxylation is 3. The van der Waals surface area contributed by atoms with Gasteiger partial charge in [-0.1, -0.05) is 12.1 Å². The molecule has 0 aliphatic rings. The molecular weight excluding hydrogens is 246 g/mol. The predicted octanol–water partition coefficient (Wildman–Crippen LogP) is 3.92. The fourth-order valence-corrected chi connectivity index (χ4v) is 2.65. The molecule has 0 unspecified atom stereocenters. The van der Waals surface area contributed by atoms with Crippen molar-refractivity contribution >= 4 is 16.7 Å². The SMILES string of the molecule is CCn1c(-c2cc(N)ccc2C)nc2cc(C)ccc21. The number of fused-ring (bicyclic) bond motifs is 1. The van der Waals surface area contributed by atoms with Crippen LogP contribution in [0.5, 0.6) is 0 Å². The van der Waals surface area contributed by atoms with Gasteiger partial charge in [-0.3, -0.25) is 0 Å². The summed E-state index contributed by atoms with van der Waals surface area (Å²) in [5.41, 5.74) is 12.5. The molecule has 0 radical (unpaired) electrons. The van der Waals surface area contributed by atoms with Crippen molar-refractivity contribution in [2.75, 3.05) is 5.73 Å². The second-order valence-corrected chi connectivity index (χ2v) is 5.25. The second-order valence-electron chi connectivity index (χ2n) is 5.25. The third-order valence-corrected chi connectivity index (χ3v) is 3.72. The number of imidazole rings is 1. The average molecular weight is 265 g/mol. The Labute approximate surface area is 119 Å². The van der Waals surface area contributed by atoms with Crippen molar-refractivity contribution in [3.63, 3.8) is 0 Å². The van der Waals surface area contributed by atoms with Crippen LogP contribution in [0.3, 0.4) is 0 Å². The number of aromatic nitrogens is 2. The van der Waals surface area contributed by atoms with Crippen molar-refractivity contribution in [3.05, 3.63) is 47.5 Å². The van der Waals surface area contributed by atoms with Crippen LogP contribution in [-0.2, 0) is 6.54 Å². The zero-order valence-corrected chi connectivity index (χ0v) is 12.1. The van der Waals surface area contributed by atoms with E-state index in [1.165, 1.54) is 16.6 Å². The molecule has 0 spiro atoms. The van der Waals surface area contributed by atoms with Gasteiger partial charge < -0.3 is 10.3 Å². The molecule has 0 aliphatic heterocycles.